The zero-order chi connectivity index (χ0) is 16.8. The summed E-state index contributed by atoms with van der Waals surface area (Å²) in [4.78, 5) is 22.8. The van der Waals surface area contributed by atoms with E-state index in [1.165, 1.54) is 17.3 Å². The maximum absolute atomic E-state index is 11.6. The molecule has 1 atom stereocenters. The van der Waals surface area contributed by atoms with Gasteiger partial charge in [0, 0.05) is 11.5 Å². The molecule has 0 saturated heterocycles. The van der Waals surface area contributed by atoms with E-state index >= 15 is 0 Å². The van der Waals surface area contributed by atoms with Gasteiger partial charge in [-0.15, -0.1) is 0 Å². The van der Waals surface area contributed by atoms with Gasteiger partial charge in [-0.1, -0.05) is 29.8 Å². The lowest BCUT2D eigenvalue weighted by Gasteiger charge is -2.21. The van der Waals surface area contributed by atoms with Crippen LogP contribution in [0.15, 0.2) is 24.3 Å². The van der Waals surface area contributed by atoms with Crippen LogP contribution in [-0.4, -0.2) is 34.6 Å². The summed E-state index contributed by atoms with van der Waals surface area (Å²) < 4.78 is 5.07. The van der Waals surface area contributed by atoms with Crippen molar-refractivity contribution in [2.45, 2.75) is 45.1 Å². The van der Waals surface area contributed by atoms with Gasteiger partial charge in [0.05, 0.1) is 0 Å². The fraction of sp³-hybridized carbons (Fsp3) is 0.500. The number of ether oxygens (including phenoxy) is 1. The second-order valence-electron chi connectivity index (χ2n) is 6.04. The van der Waals surface area contributed by atoms with Crippen molar-refractivity contribution in [1.29, 1.82) is 0 Å². The van der Waals surface area contributed by atoms with E-state index in [-0.39, 0.29) is 5.75 Å². The van der Waals surface area contributed by atoms with Crippen molar-refractivity contribution in [2.24, 2.45) is 0 Å². The molecule has 2 N–H and O–H groups in total. The number of carbonyl (C=O) groups excluding carboxylic acids is 1. The Morgan fingerprint density at radius 1 is 1.27 bits per heavy atom. The molecular weight excluding hydrogens is 302 g/mol. The number of hydrogen-bond acceptors (Lipinski definition) is 4. The second-order valence-corrected chi connectivity index (χ2v) is 7.07. The van der Waals surface area contributed by atoms with Crippen LogP contribution in [0.1, 0.15) is 31.9 Å². The Labute approximate surface area is 135 Å². The molecular formula is C16H23NO4S. The number of amides is 1. The van der Waals surface area contributed by atoms with Crippen LogP contribution in [-0.2, 0) is 15.3 Å². The molecule has 0 bridgehead atoms. The highest BCUT2D eigenvalue weighted by Gasteiger charge is 2.23. The first kappa shape index (κ1) is 18.4. The standard InChI is InChI=1S/C16H23NO4S/c1-11-5-7-12(8-6-11)9-22-10-13(14(18)19)17-15(20)21-16(2,3)4/h5-8,13H,9-10H2,1-4H3,(H,17,20)(H,18,19)/t13-/m0/s1. The van der Waals surface area contributed by atoms with Crippen LogP contribution < -0.4 is 5.32 Å². The SMILES string of the molecule is Cc1ccc(CSC[C@H](NC(=O)OC(C)(C)C)C(=O)O)cc1. The second kappa shape index (κ2) is 8.08. The van der Waals surface area contributed by atoms with Gasteiger partial charge in [-0.3, -0.25) is 0 Å². The summed E-state index contributed by atoms with van der Waals surface area (Å²) in [6, 6.07) is 7.09. The number of carboxylic acid groups (broad SMARTS) is 1. The molecule has 0 aliphatic rings. The van der Waals surface area contributed by atoms with Crippen molar-refractivity contribution in [3.63, 3.8) is 0 Å². The van der Waals surface area contributed by atoms with Crippen molar-refractivity contribution >= 4 is 23.8 Å². The van der Waals surface area contributed by atoms with E-state index in [0.29, 0.717) is 5.75 Å². The summed E-state index contributed by atoms with van der Waals surface area (Å²) in [6.45, 7) is 7.21. The zero-order valence-corrected chi connectivity index (χ0v) is 14.2. The number of carbonyl (C=O) groups is 2. The van der Waals surface area contributed by atoms with E-state index in [4.69, 9.17) is 4.74 Å². The summed E-state index contributed by atoms with van der Waals surface area (Å²) in [5.41, 5.74) is 1.66. The molecule has 0 saturated carbocycles. The smallest absolute Gasteiger partial charge is 0.408 e. The van der Waals surface area contributed by atoms with Crippen LogP contribution in [0.25, 0.3) is 0 Å². The fourth-order valence-corrected chi connectivity index (χ4v) is 2.61. The fourth-order valence-electron chi connectivity index (χ4n) is 1.60. The number of rotatable bonds is 6. The predicted octanol–water partition coefficient (Wildman–Crippen LogP) is 3.21. The molecule has 1 amide bonds. The Bertz CT molecular complexity index is 508. The molecule has 0 aromatic heterocycles. The first-order valence-corrected chi connectivity index (χ1v) is 8.18. The van der Waals surface area contributed by atoms with Crippen LogP contribution in [0, 0.1) is 6.92 Å². The number of aliphatic carboxylic acids is 1. The van der Waals surface area contributed by atoms with Gasteiger partial charge in [0.1, 0.15) is 11.6 Å². The Hall–Kier alpha value is -1.69. The van der Waals surface area contributed by atoms with E-state index in [2.05, 4.69) is 5.32 Å². The van der Waals surface area contributed by atoms with Crippen LogP contribution in [0.2, 0.25) is 0 Å². The van der Waals surface area contributed by atoms with Crippen molar-refractivity contribution in [3.05, 3.63) is 35.4 Å². The summed E-state index contributed by atoms with van der Waals surface area (Å²) >= 11 is 1.46. The topological polar surface area (TPSA) is 75.6 Å². The number of aryl methyl sites for hydroxylation is 1. The Kier molecular flexibility index (Phi) is 6.74. The lowest BCUT2D eigenvalue weighted by atomic mass is 10.2. The first-order chi connectivity index (χ1) is 10.2. The molecule has 0 heterocycles. The monoisotopic (exact) mass is 325 g/mol. The molecule has 0 aliphatic heterocycles. The van der Waals surface area contributed by atoms with Gasteiger partial charge in [0.2, 0.25) is 0 Å². The molecule has 0 spiro atoms. The third kappa shape index (κ3) is 7.36. The first-order valence-electron chi connectivity index (χ1n) is 7.03. The van der Waals surface area contributed by atoms with Crippen molar-refractivity contribution in [3.8, 4) is 0 Å². The van der Waals surface area contributed by atoms with Gasteiger partial charge >= 0.3 is 12.1 Å². The molecule has 122 valence electrons. The van der Waals surface area contributed by atoms with Crippen LogP contribution in [0.4, 0.5) is 4.79 Å². The van der Waals surface area contributed by atoms with Crippen molar-refractivity contribution in [2.75, 3.05) is 5.75 Å². The number of carboxylic acids is 1. The van der Waals surface area contributed by atoms with Crippen LogP contribution in [0.3, 0.4) is 0 Å². The quantitative estimate of drug-likeness (QED) is 0.840. The average molecular weight is 325 g/mol. The average Bonchev–Trinajstić information content (AvgIpc) is 2.37. The molecule has 5 nitrogen and oxygen atoms in total. The molecule has 1 rings (SSSR count). The van der Waals surface area contributed by atoms with Gasteiger partial charge in [-0.05, 0) is 33.3 Å². The highest BCUT2D eigenvalue weighted by molar-refractivity contribution is 7.98. The lowest BCUT2D eigenvalue weighted by Crippen LogP contribution is -2.44. The summed E-state index contributed by atoms with van der Waals surface area (Å²) in [7, 11) is 0. The number of benzene rings is 1. The number of thioether (sulfide) groups is 1. The Balaban J connectivity index is 2.46. The third-order valence-electron chi connectivity index (χ3n) is 2.66. The van der Waals surface area contributed by atoms with Crippen molar-refractivity contribution in [1.82, 2.24) is 5.32 Å². The molecule has 0 aliphatic carbocycles. The lowest BCUT2D eigenvalue weighted by molar-refractivity contribution is -0.138. The molecule has 1 aromatic rings. The molecule has 0 unspecified atom stereocenters. The molecule has 0 radical (unpaired) electrons. The molecule has 0 fully saturated rings. The van der Waals surface area contributed by atoms with E-state index in [0.717, 1.165) is 5.56 Å². The maximum atomic E-state index is 11.6. The number of nitrogens with one attached hydrogen (secondary N) is 1. The van der Waals surface area contributed by atoms with E-state index in [9.17, 15) is 14.7 Å². The van der Waals surface area contributed by atoms with E-state index in [1.54, 1.807) is 20.8 Å². The summed E-state index contributed by atoms with van der Waals surface area (Å²) in [5, 5.41) is 11.6. The summed E-state index contributed by atoms with van der Waals surface area (Å²) in [6.07, 6.45) is -0.712. The minimum Gasteiger partial charge on any atom is -0.480 e. The predicted molar refractivity (Wildman–Crippen MR) is 88.1 cm³/mol. The van der Waals surface area contributed by atoms with E-state index < -0.39 is 23.7 Å². The van der Waals surface area contributed by atoms with Gasteiger partial charge < -0.3 is 15.2 Å². The Morgan fingerprint density at radius 2 is 1.86 bits per heavy atom. The van der Waals surface area contributed by atoms with Gasteiger partial charge in [-0.25, -0.2) is 9.59 Å². The van der Waals surface area contributed by atoms with E-state index in [1.807, 2.05) is 31.2 Å². The highest BCUT2D eigenvalue weighted by atomic mass is 32.2. The number of alkyl carbamates (subject to hydrolysis) is 1. The minimum absolute atomic E-state index is 0.280. The van der Waals surface area contributed by atoms with Crippen molar-refractivity contribution < 1.29 is 19.4 Å². The van der Waals surface area contributed by atoms with Gasteiger partial charge in [0.25, 0.3) is 0 Å². The molecule has 1 aromatic carbocycles. The van der Waals surface area contributed by atoms with Gasteiger partial charge in [-0.2, -0.15) is 11.8 Å². The minimum atomic E-state index is -1.07. The normalized spacial score (nSPS) is 12.5. The largest absolute Gasteiger partial charge is 0.480 e. The molecule has 22 heavy (non-hydrogen) atoms. The zero-order valence-electron chi connectivity index (χ0n) is 13.4. The maximum Gasteiger partial charge on any atom is 0.408 e. The Morgan fingerprint density at radius 3 is 2.36 bits per heavy atom. The van der Waals surface area contributed by atoms with Crippen LogP contribution in [0.5, 0.6) is 0 Å². The highest BCUT2D eigenvalue weighted by Crippen LogP contribution is 2.14. The third-order valence-corrected chi connectivity index (χ3v) is 3.77. The van der Waals surface area contributed by atoms with Crippen LogP contribution >= 0.6 is 11.8 Å². The van der Waals surface area contributed by atoms with Gasteiger partial charge in [0.15, 0.2) is 0 Å². The molecule has 6 heteroatoms. The number of hydrogen-bond donors (Lipinski definition) is 2. The summed E-state index contributed by atoms with van der Waals surface area (Å²) in [5.74, 6) is -0.0926.